The number of hydrogen-bond donors (Lipinski definition) is 2. The maximum absolute atomic E-state index is 13.3. The summed E-state index contributed by atoms with van der Waals surface area (Å²) >= 11 is 1.53. The fraction of sp³-hybridized carbons (Fsp3) is 0.429. The van der Waals surface area contributed by atoms with Crippen molar-refractivity contribution in [1.29, 1.82) is 0 Å². The molecule has 0 fully saturated rings. The lowest BCUT2D eigenvalue weighted by Crippen LogP contribution is -2.49. The van der Waals surface area contributed by atoms with Gasteiger partial charge in [-0.1, -0.05) is 32.9 Å². The van der Waals surface area contributed by atoms with Crippen LogP contribution in [0.5, 0.6) is 0 Å². The van der Waals surface area contributed by atoms with Gasteiger partial charge in [-0.3, -0.25) is 9.79 Å². The Morgan fingerprint density at radius 2 is 1.78 bits per heavy atom. The van der Waals surface area contributed by atoms with Crippen LogP contribution >= 0.6 is 11.8 Å². The van der Waals surface area contributed by atoms with Crippen molar-refractivity contribution in [3.8, 4) is 0 Å². The molecule has 0 radical (unpaired) electrons. The summed E-state index contributed by atoms with van der Waals surface area (Å²) in [6.45, 7) is 11.8. The number of aliphatic imine (C=N–C) groups is 1. The third-order valence-corrected chi connectivity index (χ3v) is 6.66. The molecule has 198 valence electrons. The van der Waals surface area contributed by atoms with Crippen LogP contribution in [-0.2, 0) is 18.7 Å². The first-order valence-corrected chi connectivity index (χ1v) is 13.3. The average Bonchev–Trinajstić information content (AvgIpc) is 2.79. The molecule has 9 heteroatoms. The predicted octanol–water partition coefficient (Wildman–Crippen LogP) is 4.78. The maximum Gasteiger partial charge on any atom is 0.189 e. The Hall–Kier alpha value is -3.20. The second-order valence-electron chi connectivity index (χ2n) is 11.0. The molecule has 3 aromatic rings. The number of hydrogen-bond acceptors (Lipinski definition) is 5. The van der Waals surface area contributed by atoms with Gasteiger partial charge in [0.1, 0.15) is 12.1 Å². The highest BCUT2D eigenvalue weighted by molar-refractivity contribution is 7.98. The van der Waals surface area contributed by atoms with E-state index in [0.29, 0.717) is 36.8 Å². The normalized spacial score (nSPS) is 12.5. The van der Waals surface area contributed by atoms with Crippen molar-refractivity contribution in [1.82, 2.24) is 19.9 Å². The molecule has 0 amide bonds. The predicted molar refractivity (Wildman–Crippen MR) is 149 cm³/mol. The molecule has 3 N–H and O–H groups in total. The zero-order chi connectivity index (χ0) is 27.1. The summed E-state index contributed by atoms with van der Waals surface area (Å²) in [6.07, 6.45) is 8.15. The highest BCUT2D eigenvalue weighted by Gasteiger charge is 2.25. The van der Waals surface area contributed by atoms with Crippen LogP contribution in [0, 0.1) is 11.2 Å². The van der Waals surface area contributed by atoms with Crippen LogP contribution in [-0.4, -0.2) is 32.6 Å². The van der Waals surface area contributed by atoms with E-state index in [1.54, 1.807) is 30.6 Å². The molecule has 0 aliphatic rings. The summed E-state index contributed by atoms with van der Waals surface area (Å²) in [5.41, 5.74) is 8.63. The highest BCUT2D eigenvalue weighted by Crippen LogP contribution is 2.26. The van der Waals surface area contributed by atoms with E-state index in [4.69, 9.17) is 5.73 Å². The summed E-state index contributed by atoms with van der Waals surface area (Å²) in [4.78, 5) is 25.6. The van der Waals surface area contributed by atoms with Gasteiger partial charge in [-0.15, -0.1) is 11.8 Å². The van der Waals surface area contributed by atoms with Crippen LogP contribution in [0.15, 0.2) is 70.1 Å². The molecule has 1 aromatic carbocycles. The first kappa shape index (κ1) is 28.4. The Morgan fingerprint density at radius 1 is 1.11 bits per heavy atom. The summed E-state index contributed by atoms with van der Waals surface area (Å²) in [5, 5.41) is 4.15. The summed E-state index contributed by atoms with van der Waals surface area (Å²) in [7, 11) is 0. The minimum Gasteiger partial charge on any atom is -0.370 e. The van der Waals surface area contributed by atoms with E-state index in [0.717, 1.165) is 22.6 Å². The maximum atomic E-state index is 13.3. The number of nitrogens with two attached hydrogens (primary N) is 1. The number of rotatable bonds is 10. The van der Waals surface area contributed by atoms with Gasteiger partial charge in [-0.2, -0.15) is 0 Å². The third-order valence-electron chi connectivity index (χ3n) is 5.54. The van der Waals surface area contributed by atoms with E-state index in [1.807, 2.05) is 10.8 Å². The quantitative estimate of drug-likeness (QED) is 0.225. The van der Waals surface area contributed by atoms with Gasteiger partial charge in [0.25, 0.3) is 0 Å². The number of benzene rings is 1. The van der Waals surface area contributed by atoms with Crippen LogP contribution in [0.3, 0.4) is 0 Å². The standard InChI is InChI=1S/C28H37FN6OS/c1-27(2,3)18-28(4,5)34-26(30)33-10-11-35-16-22(12-21-14-31-19-32-15-21)24(36)13-25(35)37-17-20-6-8-23(29)9-7-20/h6-9,13-16,19H,10-12,17-18H2,1-5H3,(H3,30,33,34). The monoisotopic (exact) mass is 524 g/mol. The van der Waals surface area contributed by atoms with Crippen molar-refractivity contribution >= 4 is 17.7 Å². The Bertz CT molecular complexity index is 1250. The Balaban J connectivity index is 1.78. The molecular weight excluding hydrogens is 487 g/mol. The SMILES string of the molecule is CC(C)(C)CC(C)(C)NC(N)=NCCn1cc(Cc2cncnc2)c(=O)cc1SCc1ccc(F)cc1. The lowest BCUT2D eigenvalue weighted by atomic mass is 9.82. The lowest BCUT2D eigenvalue weighted by molar-refractivity contribution is 0.266. The van der Waals surface area contributed by atoms with Crippen LogP contribution in [0.25, 0.3) is 0 Å². The lowest BCUT2D eigenvalue weighted by Gasteiger charge is -2.33. The van der Waals surface area contributed by atoms with Crippen LogP contribution in [0.1, 0.15) is 57.7 Å². The average molecular weight is 525 g/mol. The number of thioether (sulfide) groups is 1. The van der Waals surface area contributed by atoms with E-state index in [-0.39, 0.29) is 22.2 Å². The Morgan fingerprint density at radius 3 is 2.43 bits per heavy atom. The van der Waals surface area contributed by atoms with Crippen molar-refractivity contribution in [2.24, 2.45) is 16.1 Å². The van der Waals surface area contributed by atoms with Gasteiger partial charge < -0.3 is 15.6 Å². The molecule has 0 atom stereocenters. The molecule has 0 unspecified atom stereocenters. The van der Waals surface area contributed by atoms with E-state index >= 15 is 0 Å². The van der Waals surface area contributed by atoms with Gasteiger partial charge in [-0.25, -0.2) is 14.4 Å². The van der Waals surface area contributed by atoms with Crippen molar-refractivity contribution in [2.45, 2.75) is 70.3 Å². The van der Waals surface area contributed by atoms with Gasteiger partial charge in [0.15, 0.2) is 11.4 Å². The van der Waals surface area contributed by atoms with E-state index in [9.17, 15) is 9.18 Å². The molecule has 0 spiro atoms. The Kier molecular flexibility index (Phi) is 9.48. The van der Waals surface area contributed by atoms with Gasteiger partial charge in [0.05, 0.1) is 11.6 Å². The zero-order valence-electron chi connectivity index (χ0n) is 22.3. The molecule has 0 saturated carbocycles. The molecule has 7 nitrogen and oxygen atoms in total. The summed E-state index contributed by atoms with van der Waals surface area (Å²) in [6, 6.07) is 8.06. The fourth-order valence-electron chi connectivity index (χ4n) is 4.45. The molecular formula is C28H37FN6OS. The second kappa shape index (κ2) is 12.4. The minimum atomic E-state index is -0.269. The number of halogens is 1. The topological polar surface area (TPSA) is 98.2 Å². The first-order valence-electron chi connectivity index (χ1n) is 12.3. The van der Waals surface area contributed by atoms with E-state index in [2.05, 4.69) is 54.9 Å². The van der Waals surface area contributed by atoms with Crippen molar-refractivity contribution in [3.05, 3.63) is 88.0 Å². The molecule has 0 aliphatic heterocycles. The Labute approximate surface area is 222 Å². The third kappa shape index (κ3) is 9.64. The molecule has 0 saturated heterocycles. The van der Waals surface area contributed by atoms with Crippen molar-refractivity contribution in [3.63, 3.8) is 0 Å². The fourth-order valence-corrected chi connectivity index (χ4v) is 5.46. The molecule has 37 heavy (non-hydrogen) atoms. The zero-order valence-corrected chi connectivity index (χ0v) is 23.1. The smallest absolute Gasteiger partial charge is 0.189 e. The summed E-state index contributed by atoms with van der Waals surface area (Å²) < 4.78 is 15.3. The number of nitrogens with one attached hydrogen (secondary N) is 1. The second-order valence-corrected chi connectivity index (χ2v) is 12.0. The van der Waals surface area contributed by atoms with Gasteiger partial charge in [-0.05, 0) is 48.9 Å². The van der Waals surface area contributed by atoms with Gasteiger partial charge in [0.2, 0.25) is 0 Å². The minimum absolute atomic E-state index is 0.0460. The molecule has 2 aromatic heterocycles. The van der Waals surface area contributed by atoms with Crippen molar-refractivity contribution < 1.29 is 4.39 Å². The van der Waals surface area contributed by atoms with Gasteiger partial charge in [0, 0.05) is 54.5 Å². The molecule has 3 rings (SSSR count). The van der Waals surface area contributed by atoms with Crippen LogP contribution in [0.2, 0.25) is 0 Å². The summed E-state index contributed by atoms with van der Waals surface area (Å²) in [5.74, 6) is 0.742. The number of nitrogens with zero attached hydrogens (tertiary/aromatic N) is 4. The highest BCUT2D eigenvalue weighted by atomic mass is 32.2. The van der Waals surface area contributed by atoms with Crippen molar-refractivity contribution in [2.75, 3.05) is 6.54 Å². The molecule has 0 aliphatic carbocycles. The largest absolute Gasteiger partial charge is 0.370 e. The van der Waals surface area contributed by atoms with E-state index in [1.165, 1.54) is 30.2 Å². The first-order chi connectivity index (χ1) is 17.4. The van der Waals surface area contributed by atoms with Gasteiger partial charge >= 0.3 is 0 Å². The van der Waals surface area contributed by atoms with E-state index < -0.39 is 0 Å². The number of pyridine rings is 1. The number of aromatic nitrogens is 3. The van der Waals surface area contributed by atoms with Crippen LogP contribution in [0.4, 0.5) is 4.39 Å². The number of guanidine groups is 1. The van der Waals surface area contributed by atoms with Crippen LogP contribution < -0.4 is 16.5 Å². The molecule has 0 bridgehead atoms. The molecule has 2 heterocycles.